The minimum Gasteiger partial charge on any atom is -0.493 e. The maximum Gasteiger partial charge on any atom is 0.203 e. The number of rotatable bonds is 5. The van der Waals surface area contributed by atoms with E-state index in [1.54, 1.807) is 21.3 Å². The van der Waals surface area contributed by atoms with Crippen LogP contribution in [0, 0.1) is 11.8 Å². The molecule has 1 aromatic rings. The van der Waals surface area contributed by atoms with Gasteiger partial charge in [-0.25, -0.2) is 0 Å². The van der Waals surface area contributed by atoms with Crippen molar-refractivity contribution in [3.63, 3.8) is 0 Å². The van der Waals surface area contributed by atoms with Gasteiger partial charge in [0.15, 0.2) is 11.5 Å². The van der Waals surface area contributed by atoms with Crippen LogP contribution in [0.1, 0.15) is 5.56 Å². The number of hydrogen-bond donors (Lipinski definition) is 1. The largest absolute Gasteiger partial charge is 0.493 e. The molecule has 5 heteroatoms. The van der Waals surface area contributed by atoms with Crippen LogP contribution in [0.4, 0.5) is 0 Å². The molecule has 0 bridgehead atoms. The number of benzene rings is 1. The predicted octanol–water partition coefficient (Wildman–Crippen LogP) is 1.36. The van der Waals surface area contributed by atoms with Gasteiger partial charge in [-0.05, 0) is 42.6 Å². The Morgan fingerprint density at radius 3 is 2.05 bits per heavy atom. The number of likely N-dealkylation sites (tertiary alicyclic amines) is 1. The molecule has 2 saturated heterocycles. The van der Waals surface area contributed by atoms with E-state index in [1.165, 1.54) is 18.7 Å². The molecule has 2 aliphatic heterocycles. The Morgan fingerprint density at radius 1 is 1.00 bits per heavy atom. The van der Waals surface area contributed by atoms with Crippen LogP contribution in [0.15, 0.2) is 12.1 Å². The summed E-state index contributed by atoms with van der Waals surface area (Å²) in [5.74, 6) is 3.74. The van der Waals surface area contributed by atoms with Gasteiger partial charge >= 0.3 is 0 Å². The molecule has 0 saturated carbocycles. The topological polar surface area (TPSA) is 43.0 Å². The Balaban J connectivity index is 1.76. The fourth-order valence-corrected chi connectivity index (χ4v) is 3.57. The third kappa shape index (κ3) is 2.80. The monoisotopic (exact) mass is 292 g/mol. The molecule has 2 aliphatic rings. The first-order chi connectivity index (χ1) is 10.2. The Bertz CT molecular complexity index is 469. The van der Waals surface area contributed by atoms with Crippen molar-refractivity contribution >= 4 is 0 Å². The smallest absolute Gasteiger partial charge is 0.203 e. The van der Waals surface area contributed by atoms with Crippen molar-refractivity contribution in [1.82, 2.24) is 10.2 Å². The molecule has 1 N–H and O–H groups in total. The van der Waals surface area contributed by atoms with Crippen LogP contribution < -0.4 is 19.5 Å². The summed E-state index contributed by atoms with van der Waals surface area (Å²) >= 11 is 0. The van der Waals surface area contributed by atoms with Gasteiger partial charge < -0.3 is 19.5 Å². The summed E-state index contributed by atoms with van der Waals surface area (Å²) in [6.07, 6.45) is 0. The summed E-state index contributed by atoms with van der Waals surface area (Å²) < 4.78 is 16.2. The lowest BCUT2D eigenvalue weighted by Crippen LogP contribution is -2.25. The summed E-state index contributed by atoms with van der Waals surface area (Å²) in [5, 5.41) is 3.48. The summed E-state index contributed by atoms with van der Waals surface area (Å²) in [5.41, 5.74) is 1.21. The van der Waals surface area contributed by atoms with Crippen molar-refractivity contribution in [3.8, 4) is 17.2 Å². The Hall–Kier alpha value is -1.46. The molecule has 116 valence electrons. The van der Waals surface area contributed by atoms with Crippen molar-refractivity contribution in [3.05, 3.63) is 17.7 Å². The third-order valence-electron chi connectivity index (χ3n) is 4.60. The minimum absolute atomic E-state index is 0.659. The van der Waals surface area contributed by atoms with E-state index in [0.29, 0.717) is 5.75 Å². The second-order valence-electron chi connectivity index (χ2n) is 5.91. The van der Waals surface area contributed by atoms with Crippen LogP contribution in [0.25, 0.3) is 0 Å². The third-order valence-corrected chi connectivity index (χ3v) is 4.60. The molecule has 2 heterocycles. The molecule has 0 aliphatic carbocycles. The first-order valence-corrected chi connectivity index (χ1v) is 7.47. The van der Waals surface area contributed by atoms with Crippen LogP contribution in [0.3, 0.4) is 0 Å². The molecule has 0 spiro atoms. The summed E-state index contributed by atoms with van der Waals surface area (Å²) in [6, 6.07) is 4.10. The highest BCUT2D eigenvalue weighted by Gasteiger charge is 2.35. The Morgan fingerprint density at radius 2 is 1.57 bits per heavy atom. The maximum absolute atomic E-state index is 5.42. The van der Waals surface area contributed by atoms with Gasteiger partial charge in [0, 0.05) is 19.6 Å². The van der Waals surface area contributed by atoms with E-state index in [1.807, 2.05) is 12.1 Å². The SMILES string of the molecule is COc1cc(CN2CC3CNCC3C2)cc(OC)c1OC. The average Bonchev–Trinajstić information content (AvgIpc) is 3.07. The number of ether oxygens (including phenoxy) is 3. The van der Waals surface area contributed by atoms with Gasteiger partial charge in [0.1, 0.15) is 0 Å². The number of methoxy groups -OCH3 is 3. The molecule has 2 fully saturated rings. The standard InChI is InChI=1S/C16H24N2O3/c1-19-14-4-11(5-15(20-2)16(14)21-3)8-18-9-12-6-17-7-13(12)10-18/h4-5,12-13,17H,6-10H2,1-3H3. The fourth-order valence-electron chi connectivity index (χ4n) is 3.57. The lowest BCUT2D eigenvalue weighted by atomic mass is 10.0. The van der Waals surface area contributed by atoms with E-state index in [4.69, 9.17) is 14.2 Å². The van der Waals surface area contributed by atoms with Crippen LogP contribution in [0.5, 0.6) is 17.2 Å². The van der Waals surface area contributed by atoms with Gasteiger partial charge in [-0.2, -0.15) is 0 Å². The van der Waals surface area contributed by atoms with Crippen LogP contribution in [-0.2, 0) is 6.54 Å². The van der Waals surface area contributed by atoms with Gasteiger partial charge in [-0.15, -0.1) is 0 Å². The van der Waals surface area contributed by atoms with E-state index < -0.39 is 0 Å². The Kier molecular flexibility index (Phi) is 4.22. The average molecular weight is 292 g/mol. The molecule has 3 rings (SSSR count). The number of fused-ring (bicyclic) bond motifs is 1. The first-order valence-electron chi connectivity index (χ1n) is 7.47. The van der Waals surface area contributed by atoms with Gasteiger partial charge in [0.25, 0.3) is 0 Å². The van der Waals surface area contributed by atoms with Crippen molar-refractivity contribution in [2.45, 2.75) is 6.54 Å². The molecule has 2 atom stereocenters. The van der Waals surface area contributed by atoms with E-state index in [2.05, 4.69) is 10.2 Å². The predicted molar refractivity (Wildman–Crippen MR) is 81.2 cm³/mol. The van der Waals surface area contributed by atoms with Crippen LogP contribution in [-0.4, -0.2) is 52.4 Å². The van der Waals surface area contributed by atoms with E-state index in [9.17, 15) is 0 Å². The lowest BCUT2D eigenvalue weighted by Gasteiger charge is -2.19. The zero-order valence-corrected chi connectivity index (χ0v) is 13.0. The van der Waals surface area contributed by atoms with Gasteiger partial charge in [0.2, 0.25) is 5.75 Å². The Labute approximate surface area is 126 Å². The van der Waals surface area contributed by atoms with Crippen molar-refractivity contribution in [1.29, 1.82) is 0 Å². The molecule has 0 radical (unpaired) electrons. The molecule has 5 nitrogen and oxygen atoms in total. The summed E-state index contributed by atoms with van der Waals surface area (Å²) in [7, 11) is 4.95. The summed E-state index contributed by atoms with van der Waals surface area (Å²) in [6.45, 7) is 5.61. The first kappa shape index (κ1) is 14.5. The fraction of sp³-hybridized carbons (Fsp3) is 0.625. The number of nitrogens with one attached hydrogen (secondary N) is 1. The molecule has 0 aromatic heterocycles. The molecule has 2 unspecified atom stereocenters. The second kappa shape index (κ2) is 6.12. The highest BCUT2D eigenvalue weighted by Crippen LogP contribution is 2.39. The molecule has 0 amide bonds. The summed E-state index contributed by atoms with van der Waals surface area (Å²) in [4.78, 5) is 2.52. The zero-order valence-electron chi connectivity index (χ0n) is 13.0. The molecular formula is C16H24N2O3. The van der Waals surface area contributed by atoms with E-state index >= 15 is 0 Å². The second-order valence-corrected chi connectivity index (χ2v) is 5.91. The maximum atomic E-state index is 5.42. The van der Waals surface area contributed by atoms with E-state index in [-0.39, 0.29) is 0 Å². The van der Waals surface area contributed by atoms with Crippen molar-refractivity contribution in [2.75, 3.05) is 47.5 Å². The van der Waals surface area contributed by atoms with E-state index in [0.717, 1.165) is 43.0 Å². The highest BCUT2D eigenvalue weighted by molar-refractivity contribution is 5.53. The minimum atomic E-state index is 0.659. The van der Waals surface area contributed by atoms with Gasteiger partial charge in [-0.1, -0.05) is 0 Å². The zero-order chi connectivity index (χ0) is 14.8. The number of hydrogen-bond acceptors (Lipinski definition) is 5. The van der Waals surface area contributed by atoms with Gasteiger partial charge in [0.05, 0.1) is 21.3 Å². The van der Waals surface area contributed by atoms with Crippen LogP contribution >= 0.6 is 0 Å². The molecule has 1 aromatic carbocycles. The normalized spacial score (nSPS) is 24.9. The quantitative estimate of drug-likeness (QED) is 0.888. The van der Waals surface area contributed by atoms with Crippen LogP contribution in [0.2, 0.25) is 0 Å². The molecule has 21 heavy (non-hydrogen) atoms. The lowest BCUT2D eigenvalue weighted by molar-refractivity contribution is 0.299. The van der Waals surface area contributed by atoms with Crippen molar-refractivity contribution < 1.29 is 14.2 Å². The van der Waals surface area contributed by atoms with Gasteiger partial charge in [-0.3, -0.25) is 4.90 Å². The molecular weight excluding hydrogens is 268 g/mol. The number of nitrogens with zero attached hydrogens (tertiary/aromatic N) is 1. The van der Waals surface area contributed by atoms with Crippen molar-refractivity contribution in [2.24, 2.45) is 11.8 Å². The highest BCUT2D eigenvalue weighted by atomic mass is 16.5.